The second-order valence-electron chi connectivity index (χ2n) is 4.33. The Labute approximate surface area is 117 Å². The zero-order chi connectivity index (χ0) is 15.1. The minimum absolute atomic E-state index is 0.00450. The van der Waals surface area contributed by atoms with E-state index >= 15 is 0 Å². The van der Waals surface area contributed by atoms with Crippen molar-refractivity contribution in [3.8, 4) is 0 Å². The number of anilines is 1. The highest BCUT2D eigenvalue weighted by atomic mass is 16.6. The molecule has 20 heavy (non-hydrogen) atoms. The first kappa shape index (κ1) is 15.9. The van der Waals surface area contributed by atoms with E-state index in [1.165, 1.54) is 25.2 Å². The molecule has 0 radical (unpaired) electrons. The number of nitro benzene ring substituents is 1. The predicted molar refractivity (Wildman–Crippen MR) is 75.9 cm³/mol. The third kappa shape index (κ3) is 3.92. The summed E-state index contributed by atoms with van der Waals surface area (Å²) in [5.74, 6) is -0.393. The highest BCUT2D eigenvalue weighted by molar-refractivity contribution is 6.00. The lowest BCUT2D eigenvalue weighted by Gasteiger charge is -2.19. The van der Waals surface area contributed by atoms with Crippen molar-refractivity contribution in [2.75, 3.05) is 19.0 Å². The van der Waals surface area contributed by atoms with E-state index in [9.17, 15) is 14.9 Å². The SMILES string of the molecule is CCC(CCO)Nc1ccc([N+](=O)[O-])cc1C(=O)NC. The quantitative estimate of drug-likeness (QED) is 0.519. The summed E-state index contributed by atoms with van der Waals surface area (Å²) in [4.78, 5) is 22.0. The first-order valence-corrected chi connectivity index (χ1v) is 6.41. The molecule has 0 saturated heterocycles. The minimum Gasteiger partial charge on any atom is -0.396 e. The number of aliphatic hydroxyl groups excluding tert-OH is 1. The van der Waals surface area contributed by atoms with Gasteiger partial charge in [0, 0.05) is 37.5 Å². The van der Waals surface area contributed by atoms with E-state index in [0.29, 0.717) is 12.1 Å². The van der Waals surface area contributed by atoms with Gasteiger partial charge in [-0.2, -0.15) is 0 Å². The molecule has 0 fully saturated rings. The third-order valence-corrected chi connectivity index (χ3v) is 3.02. The van der Waals surface area contributed by atoms with Gasteiger partial charge in [0.15, 0.2) is 0 Å². The Balaban J connectivity index is 3.11. The van der Waals surface area contributed by atoms with Crippen molar-refractivity contribution in [3.05, 3.63) is 33.9 Å². The Morgan fingerprint density at radius 2 is 2.20 bits per heavy atom. The molecule has 1 rings (SSSR count). The van der Waals surface area contributed by atoms with Crippen LogP contribution in [0.3, 0.4) is 0 Å². The Morgan fingerprint density at radius 3 is 2.70 bits per heavy atom. The number of non-ortho nitro benzene ring substituents is 1. The molecule has 110 valence electrons. The van der Waals surface area contributed by atoms with Gasteiger partial charge in [-0.1, -0.05) is 6.92 Å². The fourth-order valence-corrected chi connectivity index (χ4v) is 1.85. The molecule has 0 aromatic heterocycles. The molecule has 0 bridgehead atoms. The highest BCUT2D eigenvalue weighted by Gasteiger charge is 2.17. The Kier molecular flexibility index (Phi) is 5.92. The normalized spacial score (nSPS) is 11.8. The van der Waals surface area contributed by atoms with E-state index in [0.717, 1.165) is 6.42 Å². The Morgan fingerprint density at radius 1 is 1.50 bits per heavy atom. The van der Waals surface area contributed by atoms with Crippen molar-refractivity contribution in [2.45, 2.75) is 25.8 Å². The molecule has 7 heteroatoms. The summed E-state index contributed by atoms with van der Waals surface area (Å²) in [5, 5.41) is 25.4. The first-order chi connectivity index (χ1) is 9.53. The van der Waals surface area contributed by atoms with Crippen molar-refractivity contribution >= 4 is 17.3 Å². The van der Waals surface area contributed by atoms with Gasteiger partial charge < -0.3 is 15.7 Å². The molecule has 0 heterocycles. The van der Waals surface area contributed by atoms with Gasteiger partial charge in [0.25, 0.3) is 11.6 Å². The number of rotatable bonds is 7. The monoisotopic (exact) mass is 281 g/mol. The van der Waals surface area contributed by atoms with Crippen molar-refractivity contribution in [2.24, 2.45) is 0 Å². The summed E-state index contributed by atoms with van der Waals surface area (Å²) in [7, 11) is 1.47. The third-order valence-electron chi connectivity index (χ3n) is 3.02. The van der Waals surface area contributed by atoms with Crippen LogP contribution < -0.4 is 10.6 Å². The molecule has 1 atom stereocenters. The van der Waals surface area contributed by atoms with Crippen molar-refractivity contribution in [1.29, 1.82) is 0 Å². The molecular formula is C13H19N3O4. The number of amides is 1. The largest absolute Gasteiger partial charge is 0.396 e. The number of aliphatic hydroxyl groups is 1. The molecule has 0 aliphatic carbocycles. The van der Waals surface area contributed by atoms with Crippen molar-refractivity contribution in [3.63, 3.8) is 0 Å². The number of nitro groups is 1. The molecule has 0 saturated carbocycles. The summed E-state index contributed by atoms with van der Waals surface area (Å²) in [6.07, 6.45) is 1.31. The zero-order valence-corrected chi connectivity index (χ0v) is 11.5. The smallest absolute Gasteiger partial charge is 0.270 e. The fraction of sp³-hybridized carbons (Fsp3) is 0.462. The van der Waals surface area contributed by atoms with E-state index in [1.807, 2.05) is 6.92 Å². The molecule has 1 aromatic carbocycles. The maximum atomic E-state index is 11.8. The van der Waals surface area contributed by atoms with Crippen LogP contribution in [0.25, 0.3) is 0 Å². The lowest BCUT2D eigenvalue weighted by molar-refractivity contribution is -0.384. The number of nitrogens with one attached hydrogen (secondary N) is 2. The molecular weight excluding hydrogens is 262 g/mol. The highest BCUT2D eigenvalue weighted by Crippen LogP contribution is 2.23. The molecule has 1 unspecified atom stereocenters. The van der Waals surface area contributed by atoms with Gasteiger partial charge in [0.1, 0.15) is 0 Å². The molecule has 0 spiro atoms. The average molecular weight is 281 g/mol. The Bertz CT molecular complexity index is 491. The van der Waals surface area contributed by atoms with Gasteiger partial charge in [-0.3, -0.25) is 14.9 Å². The topological polar surface area (TPSA) is 104 Å². The van der Waals surface area contributed by atoms with E-state index in [4.69, 9.17) is 5.11 Å². The van der Waals surface area contributed by atoms with Crippen molar-refractivity contribution in [1.82, 2.24) is 5.32 Å². The number of benzene rings is 1. The van der Waals surface area contributed by atoms with Gasteiger partial charge in [0.2, 0.25) is 0 Å². The van der Waals surface area contributed by atoms with Crippen LogP contribution in [0, 0.1) is 10.1 Å². The summed E-state index contributed by atoms with van der Waals surface area (Å²) in [5.41, 5.74) is 0.609. The molecule has 3 N–H and O–H groups in total. The standard InChI is InChI=1S/C13H19N3O4/c1-3-9(6-7-17)15-12-5-4-10(16(19)20)8-11(12)13(18)14-2/h4-5,8-9,15,17H,3,6-7H2,1-2H3,(H,14,18). The van der Waals surface area contributed by atoms with Gasteiger partial charge in [-0.15, -0.1) is 0 Å². The lowest BCUT2D eigenvalue weighted by Crippen LogP contribution is -2.24. The molecule has 0 aliphatic heterocycles. The van der Waals surface area contributed by atoms with E-state index in [1.54, 1.807) is 0 Å². The van der Waals surface area contributed by atoms with Crippen LogP contribution >= 0.6 is 0 Å². The van der Waals surface area contributed by atoms with Crippen LogP contribution in [0.4, 0.5) is 11.4 Å². The fourth-order valence-electron chi connectivity index (χ4n) is 1.85. The lowest BCUT2D eigenvalue weighted by atomic mass is 10.1. The van der Waals surface area contributed by atoms with Crippen LogP contribution in [0.5, 0.6) is 0 Å². The van der Waals surface area contributed by atoms with E-state index < -0.39 is 10.8 Å². The molecule has 0 aliphatic rings. The minimum atomic E-state index is -0.540. The molecule has 1 amide bonds. The van der Waals surface area contributed by atoms with Gasteiger partial charge in [0.05, 0.1) is 10.5 Å². The van der Waals surface area contributed by atoms with E-state index in [-0.39, 0.29) is 23.9 Å². The maximum absolute atomic E-state index is 11.8. The molecule has 1 aromatic rings. The van der Waals surface area contributed by atoms with Crippen LogP contribution in [-0.2, 0) is 0 Å². The van der Waals surface area contributed by atoms with Crippen LogP contribution in [-0.4, -0.2) is 35.6 Å². The van der Waals surface area contributed by atoms with Gasteiger partial charge in [-0.05, 0) is 18.9 Å². The number of carbonyl (C=O) groups is 1. The van der Waals surface area contributed by atoms with Crippen molar-refractivity contribution < 1.29 is 14.8 Å². The number of hydrogen-bond donors (Lipinski definition) is 3. The average Bonchev–Trinajstić information content (AvgIpc) is 2.45. The van der Waals surface area contributed by atoms with Crippen LogP contribution in [0.1, 0.15) is 30.1 Å². The van der Waals surface area contributed by atoms with Gasteiger partial charge >= 0.3 is 0 Å². The maximum Gasteiger partial charge on any atom is 0.270 e. The van der Waals surface area contributed by atoms with Crippen LogP contribution in [0.15, 0.2) is 18.2 Å². The van der Waals surface area contributed by atoms with E-state index in [2.05, 4.69) is 10.6 Å². The first-order valence-electron chi connectivity index (χ1n) is 6.41. The molecule has 7 nitrogen and oxygen atoms in total. The summed E-state index contributed by atoms with van der Waals surface area (Å²) >= 11 is 0. The zero-order valence-electron chi connectivity index (χ0n) is 11.5. The number of carbonyl (C=O) groups excluding carboxylic acids is 1. The number of nitrogens with zero attached hydrogens (tertiary/aromatic N) is 1. The number of hydrogen-bond acceptors (Lipinski definition) is 5. The second kappa shape index (κ2) is 7.44. The summed E-state index contributed by atoms with van der Waals surface area (Å²) in [6.45, 7) is 1.99. The summed E-state index contributed by atoms with van der Waals surface area (Å²) < 4.78 is 0. The van der Waals surface area contributed by atoms with Crippen LogP contribution in [0.2, 0.25) is 0 Å². The van der Waals surface area contributed by atoms with Gasteiger partial charge in [-0.25, -0.2) is 0 Å². The second-order valence-corrected chi connectivity index (χ2v) is 4.33. The Hall–Kier alpha value is -2.15. The predicted octanol–water partition coefficient (Wildman–Crippen LogP) is 1.53. The summed E-state index contributed by atoms with van der Waals surface area (Å²) in [6, 6.07) is 4.11.